The van der Waals surface area contributed by atoms with Gasteiger partial charge in [0.15, 0.2) is 17.4 Å². The molecule has 1 aromatic heterocycles. The standard InChI is InChI=1S/C23H17FN4O/c24-20-11-10-19(12-22(20)29)28(15-17-8-6-16(14-25)7-9-17)23-13-21(26-27-23)18-4-2-1-3-5-18/h1-13,29H,15H2,(H,26,27). The van der Waals surface area contributed by atoms with Gasteiger partial charge in [-0.3, -0.25) is 5.10 Å². The number of nitriles is 1. The maximum Gasteiger partial charge on any atom is 0.164 e. The molecule has 6 heteroatoms. The van der Waals surface area contributed by atoms with Crippen LogP contribution in [0.3, 0.4) is 0 Å². The molecule has 5 nitrogen and oxygen atoms in total. The summed E-state index contributed by atoms with van der Waals surface area (Å²) in [6.07, 6.45) is 0. The van der Waals surface area contributed by atoms with E-state index in [9.17, 15) is 9.50 Å². The molecule has 0 unspecified atom stereocenters. The smallest absolute Gasteiger partial charge is 0.164 e. The zero-order chi connectivity index (χ0) is 20.2. The fourth-order valence-corrected chi connectivity index (χ4v) is 3.06. The van der Waals surface area contributed by atoms with Crippen molar-refractivity contribution < 1.29 is 9.50 Å². The Balaban J connectivity index is 1.72. The van der Waals surface area contributed by atoms with Crippen molar-refractivity contribution in [3.63, 3.8) is 0 Å². The van der Waals surface area contributed by atoms with Crippen LogP contribution in [0.15, 0.2) is 78.9 Å². The highest BCUT2D eigenvalue weighted by Gasteiger charge is 2.16. The summed E-state index contributed by atoms with van der Waals surface area (Å²) in [4.78, 5) is 1.86. The number of phenolic OH excluding ortho intramolecular Hbond substituents is 1. The molecule has 1 heterocycles. The van der Waals surface area contributed by atoms with Crippen LogP contribution < -0.4 is 4.90 Å². The van der Waals surface area contributed by atoms with Crippen molar-refractivity contribution in [1.29, 1.82) is 5.26 Å². The minimum atomic E-state index is -0.681. The third-order valence-corrected chi connectivity index (χ3v) is 4.59. The average Bonchev–Trinajstić information content (AvgIpc) is 3.25. The molecule has 0 spiro atoms. The van der Waals surface area contributed by atoms with Crippen molar-refractivity contribution >= 4 is 11.5 Å². The minimum absolute atomic E-state index is 0.425. The predicted octanol–water partition coefficient (Wildman–Crippen LogP) is 5.13. The quantitative estimate of drug-likeness (QED) is 0.500. The molecule has 3 aromatic carbocycles. The number of aromatic nitrogens is 2. The maximum absolute atomic E-state index is 13.6. The number of nitrogens with zero attached hydrogens (tertiary/aromatic N) is 3. The Morgan fingerprint density at radius 1 is 1.00 bits per heavy atom. The fraction of sp³-hybridized carbons (Fsp3) is 0.0435. The number of hydrogen-bond donors (Lipinski definition) is 2. The monoisotopic (exact) mass is 384 g/mol. The highest BCUT2D eigenvalue weighted by molar-refractivity contribution is 5.68. The van der Waals surface area contributed by atoms with Gasteiger partial charge in [0.25, 0.3) is 0 Å². The first-order valence-electron chi connectivity index (χ1n) is 9.00. The molecule has 0 aliphatic heterocycles. The number of benzene rings is 3. The Kier molecular flexibility index (Phi) is 4.95. The van der Waals surface area contributed by atoms with Gasteiger partial charge in [0.1, 0.15) is 0 Å². The number of aromatic hydroxyl groups is 1. The molecule has 2 N–H and O–H groups in total. The van der Waals surface area contributed by atoms with E-state index in [2.05, 4.69) is 16.3 Å². The number of H-pyrrole nitrogens is 1. The summed E-state index contributed by atoms with van der Waals surface area (Å²) in [5.41, 5.74) is 3.95. The van der Waals surface area contributed by atoms with E-state index in [4.69, 9.17) is 5.26 Å². The molecule has 0 amide bonds. The molecule has 4 aromatic rings. The molecule has 142 valence electrons. The molecule has 0 aliphatic rings. The number of aromatic amines is 1. The van der Waals surface area contributed by atoms with Crippen LogP contribution in [-0.2, 0) is 6.54 Å². The topological polar surface area (TPSA) is 75.9 Å². The maximum atomic E-state index is 13.6. The van der Waals surface area contributed by atoms with Gasteiger partial charge in [-0.15, -0.1) is 0 Å². The van der Waals surface area contributed by atoms with Gasteiger partial charge >= 0.3 is 0 Å². The third-order valence-electron chi connectivity index (χ3n) is 4.59. The van der Waals surface area contributed by atoms with E-state index < -0.39 is 11.6 Å². The summed E-state index contributed by atoms with van der Waals surface area (Å²) in [7, 11) is 0. The average molecular weight is 384 g/mol. The zero-order valence-electron chi connectivity index (χ0n) is 15.4. The summed E-state index contributed by atoms with van der Waals surface area (Å²) in [6, 6.07) is 25.2. The molecule has 0 radical (unpaired) electrons. The number of hydrogen-bond acceptors (Lipinski definition) is 4. The van der Waals surface area contributed by atoms with Crippen molar-refractivity contribution in [1.82, 2.24) is 10.2 Å². The van der Waals surface area contributed by atoms with Gasteiger partial charge in [0.05, 0.1) is 17.3 Å². The zero-order valence-corrected chi connectivity index (χ0v) is 15.4. The van der Waals surface area contributed by atoms with Gasteiger partial charge in [-0.1, -0.05) is 42.5 Å². The number of rotatable bonds is 5. The lowest BCUT2D eigenvalue weighted by molar-refractivity contribution is 0.432. The van der Waals surface area contributed by atoms with E-state index in [1.54, 1.807) is 18.2 Å². The van der Waals surface area contributed by atoms with E-state index in [1.807, 2.05) is 53.4 Å². The van der Waals surface area contributed by atoms with E-state index >= 15 is 0 Å². The molecular weight excluding hydrogens is 367 g/mol. The van der Waals surface area contributed by atoms with E-state index in [-0.39, 0.29) is 0 Å². The van der Waals surface area contributed by atoms with Gasteiger partial charge in [0, 0.05) is 24.4 Å². The van der Waals surface area contributed by atoms with Crippen LogP contribution >= 0.6 is 0 Å². The van der Waals surface area contributed by atoms with Crippen LogP contribution in [0.5, 0.6) is 5.75 Å². The Hall–Kier alpha value is -4.11. The number of halogens is 1. The lowest BCUT2D eigenvalue weighted by Crippen LogP contribution is -2.17. The van der Waals surface area contributed by atoms with Crippen LogP contribution in [0.1, 0.15) is 11.1 Å². The molecule has 0 bridgehead atoms. The number of nitrogens with one attached hydrogen (secondary N) is 1. The highest BCUT2D eigenvalue weighted by atomic mass is 19.1. The first-order chi connectivity index (χ1) is 14.1. The Bertz CT molecular complexity index is 1160. The number of phenols is 1. The third kappa shape index (κ3) is 3.94. The van der Waals surface area contributed by atoms with Crippen LogP contribution in [0.25, 0.3) is 11.3 Å². The van der Waals surface area contributed by atoms with Crippen molar-refractivity contribution in [2.24, 2.45) is 0 Å². The van der Waals surface area contributed by atoms with E-state index in [1.165, 1.54) is 12.1 Å². The summed E-state index contributed by atoms with van der Waals surface area (Å²) < 4.78 is 13.6. The fourth-order valence-electron chi connectivity index (χ4n) is 3.06. The molecule has 0 saturated heterocycles. The predicted molar refractivity (Wildman–Crippen MR) is 109 cm³/mol. The summed E-state index contributed by atoms with van der Waals surface area (Å²) in [5, 5.41) is 26.3. The molecule has 4 rings (SSSR count). The van der Waals surface area contributed by atoms with Crippen molar-refractivity contribution in [2.75, 3.05) is 4.90 Å². The van der Waals surface area contributed by atoms with Crippen molar-refractivity contribution in [3.8, 4) is 23.1 Å². The van der Waals surface area contributed by atoms with Crippen molar-refractivity contribution in [2.45, 2.75) is 6.54 Å². The Morgan fingerprint density at radius 3 is 2.45 bits per heavy atom. The van der Waals surface area contributed by atoms with Crippen LogP contribution in [0.4, 0.5) is 15.9 Å². The molecule has 29 heavy (non-hydrogen) atoms. The largest absolute Gasteiger partial charge is 0.505 e. The Morgan fingerprint density at radius 2 is 1.76 bits per heavy atom. The lowest BCUT2D eigenvalue weighted by atomic mass is 10.1. The highest BCUT2D eigenvalue weighted by Crippen LogP contribution is 2.32. The van der Waals surface area contributed by atoms with Crippen LogP contribution in [-0.4, -0.2) is 15.3 Å². The van der Waals surface area contributed by atoms with Gasteiger partial charge in [-0.05, 0) is 35.4 Å². The van der Waals surface area contributed by atoms with Crippen molar-refractivity contribution in [3.05, 3.63) is 95.8 Å². The molecule has 0 atom stereocenters. The second-order valence-corrected chi connectivity index (χ2v) is 6.54. The molecule has 0 fully saturated rings. The van der Waals surface area contributed by atoms with Gasteiger partial charge in [0.2, 0.25) is 0 Å². The van der Waals surface area contributed by atoms with E-state index in [0.717, 1.165) is 16.8 Å². The van der Waals surface area contributed by atoms with Gasteiger partial charge in [-0.2, -0.15) is 10.4 Å². The second kappa shape index (κ2) is 7.87. The van der Waals surface area contributed by atoms with Crippen LogP contribution in [0.2, 0.25) is 0 Å². The second-order valence-electron chi connectivity index (χ2n) is 6.54. The lowest BCUT2D eigenvalue weighted by Gasteiger charge is -2.23. The summed E-state index contributed by atoms with van der Waals surface area (Å²) in [5.74, 6) is -0.482. The Labute approximate surface area is 167 Å². The normalized spacial score (nSPS) is 10.5. The van der Waals surface area contributed by atoms with E-state index in [0.29, 0.717) is 23.6 Å². The SMILES string of the molecule is N#Cc1ccc(CN(c2ccc(F)c(O)c2)c2cc(-c3ccccc3)[nH]n2)cc1. The van der Waals surface area contributed by atoms with Crippen LogP contribution in [0, 0.1) is 17.1 Å². The summed E-state index contributed by atoms with van der Waals surface area (Å²) >= 11 is 0. The first-order valence-corrected chi connectivity index (χ1v) is 9.00. The summed E-state index contributed by atoms with van der Waals surface area (Å²) in [6.45, 7) is 0.426. The van der Waals surface area contributed by atoms with Gasteiger partial charge in [-0.25, -0.2) is 4.39 Å². The van der Waals surface area contributed by atoms with Gasteiger partial charge < -0.3 is 10.0 Å². The number of anilines is 2. The molecule has 0 aliphatic carbocycles. The first kappa shape index (κ1) is 18.3. The minimum Gasteiger partial charge on any atom is -0.505 e. The molecular formula is C23H17FN4O. The molecule has 0 saturated carbocycles.